The van der Waals surface area contributed by atoms with Crippen LogP contribution in [0, 0.1) is 0 Å². The van der Waals surface area contributed by atoms with Crippen molar-refractivity contribution in [3.63, 3.8) is 0 Å². The maximum Gasteiger partial charge on any atom is 0.408 e. The number of amides is 1. The predicted octanol–water partition coefficient (Wildman–Crippen LogP) is -0.330. The van der Waals surface area contributed by atoms with Crippen LogP contribution in [0.5, 0.6) is 5.75 Å². The Bertz CT molecular complexity index is 469. The molecule has 0 aliphatic rings. The summed E-state index contributed by atoms with van der Waals surface area (Å²) in [5.74, 6) is -0.892. The van der Waals surface area contributed by atoms with E-state index in [1.54, 1.807) is 0 Å². The fourth-order valence-electron chi connectivity index (χ4n) is 0.939. The van der Waals surface area contributed by atoms with Gasteiger partial charge in [0.05, 0.1) is 6.20 Å². The topological polar surface area (TPSA) is 87.2 Å². The van der Waals surface area contributed by atoms with Gasteiger partial charge in [-0.2, -0.15) is 18.3 Å². The van der Waals surface area contributed by atoms with Gasteiger partial charge in [0.1, 0.15) is 12.3 Å². The van der Waals surface area contributed by atoms with Crippen molar-refractivity contribution in [2.24, 2.45) is 5.73 Å². The Morgan fingerprint density at radius 3 is 2.65 bits per heavy atom. The average Bonchev–Trinajstić information content (AvgIpc) is 2.17. The predicted molar refractivity (Wildman–Crippen MR) is 49.2 cm³/mol. The number of hydrogen-bond donors (Lipinski definition) is 1. The van der Waals surface area contributed by atoms with Gasteiger partial charge in [-0.1, -0.05) is 0 Å². The number of primary amides is 1. The van der Waals surface area contributed by atoms with E-state index in [9.17, 15) is 22.8 Å². The third kappa shape index (κ3) is 4.53. The normalized spacial score (nSPS) is 11.2. The molecule has 1 aromatic heterocycles. The van der Waals surface area contributed by atoms with Crippen LogP contribution in [-0.2, 0) is 11.3 Å². The summed E-state index contributed by atoms with van der Waals surface area (Å²) < 4.78 is 40.9. The lowest BCUT2D eigenvalue weighted by Crippen LogP contribution is -2.30. The lowest BCUT2D eigenvalue weighted by atomic mass is 10.5. The van der Waals surface area contributed by atoms with Crippen LogP contribution < -0.4 is 16.0 Å². The van der Waals surface area contributed by atoms with Gasteiger partial charge in [-0.15, -0.1) is 0 Å². The number of carbonyl (C=O) groups is 1. The SMILES string of the molecule is NC(=O)COc1cnn(CC(F)(F)F)c(=O)c1. The zero-order chi connectivity index (χ0) is 13.1. The minimum Gasteiger partial charge on any atom is -0.482 e. The van der Waals surface area contributed by atoms with E-state index in [4.69, 9.17) is 10.5 Å². The number of ether oxygens (including phenoxy) is 1. The van der Waals surface area contributed by atoms with Crippen LogP contribution in [0.25, 0.3) is 0 Å². The van der Waals surface area contributed by atoms with E-state index in [0.717, 1.165) is 12.3 Å². The zero-order valence-electron chi connectivity index (χ0n) is 8.40. The van der Waals surface area contributed by atoms with E-state index < -0.39 is 30.8 Å². The molecule has 1 heterocycles. The zero-order valence-corrected chi connectivity index (χ0v) is 8.40. The van der Waals surface area contributed by atoms with Crippen molar-refractivity contribution in [3.05, 3.63) is 22.6 Å². The summed E-state index contributed by atoms with van der Waals surface area (Å²) in [5, 5.41) is 3.25. The molecule has 0 radical (unpaired) electrons. The molecule has 0 unspecified atom stereocenters. The van der Waals surface area contributed by atoms with Crippen LogP contribution in [0.1, 0.15) is 0 Å². The first-order valence-electron chi connectivity index (χ1n) is 4.33. The summed E-state index contributed by atoms with van der Waals surface area (Å²) >= 11 is 0. The summed E-state index contributed by atoms with van der Waals surface area (Å²) in [7, 11) is 0. The minimum absolute atomic E-state index is 0.118. The molecule has 1 amide bonds. The van der Waals surface area contributed by atoms with E-state index in [2.05, 4.69) is 5.10 Å². The van der Waals surface area contributed by atoms with E-state index in [1.165, 1.54) is 0 Å². The van der Waals surface area contributed by atoms with Crippen molar-refractivity contribution < 1.29 is 22.7 Å². The first kappa shape index (κ1) is 13.0. The lowest BCUT2D eigenvalue weighted by molar-refractivity contribution is -0.143. The number of rotatable bonds is 4. The number of hydrogen-bond acceptors (Lipinski definition) is 4. The smallest absolute Gasteiger partial charge is 0.408 e. The molecule has 0 aromatic carbocycles. The van der Waals surface area contributed by atoms with Gasteiger partial charge < -0.3 is 10.5 Å². The van der Waals surface area contributed by atoms with Gasteiger partial charge in [0, 0.05) is 6.07 Å². The highest BCUT2D eigenvalue weighted by Crippen LogP contribution is 2.16. The number of carbonyl (C=O) groups excluding carboxylic acids is 1. The van der Waals surface area contributed by atoms with Gasteiger partial charge in [0.25, 0.3) is 11.5 Å². The fraction of sp³-hybridized carbons (Fsp3) is 0.375. The molecule has 0 saturated heterocycles. The molecule has 0 aliphatic heterocycles. The van der Waals surface area contributed by atoms with E-state index in [0.29, 0.717) is 0 Å². The van der Waals surface area contributed by atoms with Gasteiger partial charge in [0.2, 0.25) is 0 Å². The van der Waals surface area contributed by atoms with Crippen molar-refractivity contribution in [2.45, 2.75) is 12.7 Å². The van der Waals surface area contributed by atoms with Crippen molar-refractivity contribution in [2.75, 3.05) is 6.61 Å². The number of nitrogens with two attached hydrogens (primary N) is 1. The van der Waals surface area contributed by atoms with Gasteiger partial charge in [-0.3, -0.25) is 9.59 Å². The van der Waals surface area contributed by atoms with Gasteiger partial charge in [-0.25, -0.2) is 4.68 Å². The quantitative estimate of drug-likeness (QED) is 0.793. The molecule has 1 rings (SSSR count). The summed E-state index contributed by atoms with van der Waals surface area (Å²) in [5.41, 5.74) is 3.79. The van der Waals surface area contributed by atoms with Crippen LogP contribution in [-0.4, -0.2) is 28.5 Å². The second-order valence-corrected chi connectivity index (χ2v) is 3.06. The van der Waals surface area contributed by atoms with Crippen molar-refractivity contribution >= 4 is 5.91 Å². The number of halogens is 3. The molecule has 2 N–H and O–H groups in total. The van der Waals surface area contributed by atoms with Crippen LogP contribution in [0.15, 0.2) is 17.1 Å². The number of alkyl halides is 3. The molecule has 9 heteroatoms. The molecule has 1 aromatic rings. The number of nitrogens with zero attached hydrogens (tertiary/aromatic N) is 2. The molecule has 0 fully saturated rings. The van der Waals surface area contributed by atoms with E-state index >= 15 is 0 Å². The molecular formula is C8H8F3N3O3. The second-order valence-electron chi connectivity index (χ2n) is 3.06. The van der Waals surface area contributed by atoms with Crippen LogP contribution in [0.2, 0.25) is 0 Å². The summed E-state index contributed by atoms with van der Waals surface area (Å²) in [4.78, 5) is 21.5. The lowest BCUT2D eigenvalue weighted by Gasteiger charge is -2.08. The summed E-state index contributed by atoms with van der Waals surface area (Å²) in [6.45, 7) is -1.97. The monoisotopic (exact) mass is 251 g/mol. The Kier molecular flexibility index (Phi) is 3.71. The van der Waals surface area contributed by atoms with Gasteiger partial charge >= 0.3 is 6.18 Å². The highest BCUT2D eigenvalue weighted by molar-refractivity contribution is 5.75. The number of aromatic nitrogens is 2. The first-order valence-corrected chi connectivity index (χ1v) is 4.33. The molecule has 17 heavy (non-hydrogen) atoms. The van der Waals surface area contributed by atoms with Crippen molar-refractivity contribution in [1.29, 1.82) is 0 Å². The van der Waals surface area contributed by atoms with E-state index in [-0.39, 0.29) is 10.4 Å². The molecular weight excluding hydrogens is 243 g/mol. The Morgan fingerprint density at radius 1 is 1.53 bits per heavy atom. The summed E-state index contributed by atoms with van der Waals surface area (Å²) in [6, 6.07) is 0.793. The third-order valence-electron chi connectivity index (χ3n) is 1.55. The average molecular weight is 251 g/mol. The maximum absolute atomic E-state index is 12.0. The molecule has 0 bridgehead atoms. The minimum atomic E-state index is -4.54. The molecule has 0 saturated carbocycles. The Hall–Kier alpha value is -2.06. The molecule has 6 nitrogen and oxygen atoms in total. The van der Waals surface area contributed by atoms with Gasteiger partial charge in [-0.05, 0) is 0 Å². The van der Waals surface area contributed by atoms with Crippen LogP contribution in [0.4, 0.5) is 13.2 Å². The maximum atomic E-state index is 12.0. The van der Waals surface area contributed by atoms with Crippen LogP contribution in [0.3, 0.4) is 0 Å². The van der Waals surface area contributed by atoms with Gasteiger partial charge in [0.15, 0.2) is 6.61 Å². The van der Waals surface area contributed by atoms with Crippen LogP contribution >= 0.6 is 0 Å². The Labute approximate surface area is 92.8 Å². The Balaban J connectivity index is 2.80. The molecule has 94 valence electrons. The summed E-state index contributed by atoms with van der Waals surface area (Å²) in [6.07, 6.45) is -3.64. The van der Waals surface area contributed by atoms with E-state index in [1.807, 2.05) is 0 Å². The molecule has 0 atom stereocenters. The highest BCUT2D eigenvalue weighted by atomic mass is 19.4. The second kappa shape index (κ2) is 4.85. The third-order valence-corrected chi connectivity index (χ3v) is 1.55. The Morgan fingerprint density at radius 2 is 2.18 bits per heavy atom. The standard InChI is InChI=1S/C8H8F3N3O3/c9-8(10,11)4-14-7(16)1-5(2-13-14)17-3-6(12)15/h1-2H,3-4H2,(H2,12,15). The largest absolute Gasteiger partial charge is 0.482 e. The van der Waals surface area contributed by atoms with Crippen molar-refractivity contribution in [3.8, 4) is 5.75 Å². The first-order chi connectivity index (χ1) is 7.78. The fourth-order valence-corrected chi connectivity index (χ4v) is 0.939. The molecule has 0 spiro atoms. The van der Waals surface area contributed by atoms with Crippen molar-refractivity contribution in [1.82, 2.24) is 9.78 Å². The highest BCUT2D eigenvalue weighted by Gasteiger charge is 2.29. The molecule has 0 aliphatic carbocycles.